The maximum atomic E-state index is 12.3. The van der Waals surface area contributed by atoms with Gasteiger partial charge in [0.2, 0.25) is 5.75 Å². The summed E-state index contributed by atoms with van der Waals surface area (Å²) >= 11 is 1.64. The van der Waals surface area contributed by atoms with Gasteiger partial charge in [-0.3, -0.25) is 0 Å². The van der Waals surface area contributed by atoms with Gasteiger partial charge in [0, 0.05) is 9.77 Å². The summed E-state index contributed by atoms with van der Waals surface area (Å²) in [5, 5.41) is 0. The maximum absolute atomic E-state index is 12.3. The minimum atomic E-state index is -4.97. The average molecular weight is 377 g/mol. The van der Waals surface area contributed by atoms with Gasteiger partial charge in [-0.25, -0.2) is 9.78 Å². The van der Waals surface area contributed by atoms with E-state index in [-0.39, 0.29) is 9.13 Å². The largest absolute Gasteiger partial charge is 0.573 e. The summed E-state index contributed by atoms with van der Waals surface area (Å²) in [6, 6.07) is 0. The van der Waals surface area contributed by atoms with Crippen LogP contribution in [-0.2, 0) is 4.74 Å². The summed E-state index contributed by atoms with van der Waals surface area (Å²) in [6.07, 6.45) is -3.79. The number of halogens is 4. The fraction of sp³-hybridized carbons (Fsp3) is 0.333. The SMILES string of the molecule is COC(=O)c1c(I)cnc(OC)c1OC(F)(F)F. The van der Waals surface area contributed by atoms with Crippen molar-refractivity contribution in [3.63, 3.8) is 0 Å². The van der Waals surface area contributed by atoms with Gasteiger partial charge in [0.1, 0.15) is 5.56 Å². The molecule has 0 N–H and O–H groups in total. The van der Waals surface area contributed by atoms with Crippen LogP contribution in [0.5, 0.6) is 11.6 Å². The lowest BCUT2D eigenvalue weighted by Crippen LogP contribution is -2.21. The standard InChI is InChI=1S/C9H7F3INO4/c1-16-7-6(18-9(10,11)12)5(8(15)17-2)4(13)3-14-7/h3H,1-2H3. The number of hydrogen-bond acceptors (Lipinski definition) is 5. The molecule has 1 rings (SSSR count). The average Bonchev–Trinajstić information content (AvgIpc) is 2.27. The van der Waals surface area contributed by atoms with E-state index in [4.69, 9.17) is 0 Å². The molecule has 1 aromatic rings. The molecule has 5 nitrogen and oxygen atoms in total. The third-order valence-corrected chi connectivity index (χ3v) is 2.57. The van der Waals surface area contributed by atoms with E-state index >= 15 is 0 Å². The molecule has 0 aliphatic heterocycles. The van der Waals surface area contributed by atoms with E-state index in [2.05, 4.69) is 19.2 Å². The number of methoxy groups -OCH3 is 2. The molecule has 0 fully saturated rings. The zero-order chi connectivity index (χ0) is 13.9. The Kier molecular flexibility index (Phi) is 4.59. The summed E-state index contributed by atoms with van der Waals surface area (Å²) in [5.74, 6) is -2.24. The molecule has 0 atom stereocenters. The molecule has 0 aliphatic carbocycles. The van der Waals surface area contributed by atoms with E-state index < -0.39 is 24.0 Å². The highest BCUT2D eigenvalue weighted by molar-refractivity contribution is 14.1. The van der Waals surface area contributed by atoms with E-state index in [1.54, 1.807) is 22.6 Å². The third kappa shape index (κ3) is 3.37. The normalized spacial score (nSPS) is 11.0. The molecule has 0 saturated carbocycles. The monoisotopic (exact) mass is 377 g/mol. The Hall–Kier alpha value is -1.26. The lowest BCUT2D eigenvalue weighted by atomic mass is 10.2. The van der Waals surface area contributed by atoms with Gasteiger partial charge in [-0.05, 0) is 22.6 Å². The number of nitrogens with zero attached hydrogens (tertiary/aromatic N) is 1. The number of pyridine rings is 1. The molecule has 100 valence electrons. The summed E-state index contributed by atoms with van der Waals surface area (Å²) in [5.41, 5.74) is -0.387. The molecule has 0 bridgehead atoms. The highest BCUT2D eigenvalue weighted by atomic mass is 127. The number of esters is 1. The van der Waals surface area contributed by atoms with Crippen LogP contribution in [-0.4, -0.2) is 31.5 Å². The molecule has 0 unspecified atom stereocenters. The second-order valence-corrected chi connectivity index (χ2v) is 4.02. The lowest BCUT2D eigenvalue weighted by molar-refractivity contribution is -0.275. The number of ether oxygens (including phenoxy) is 3. The second-order valence-electron chi connectivity index (χ2n) is 2.86. The zero-order valence-corrected chi connectivity index (χ0v) is 11.3. The van der Waals surface area contributed by atoms with Gasteiger partial charge in [0.25, 0.3) is 5.88 Å². The molecule has 9 heteroatoms. The fourth-order valence-corrected chi connectivity index (χ4v) is 1.71. The number of rotatable bonds is 3. The number of carbonyl (C=O) groups is 1. The van der Waals surface area contributed by atoms with Crippen LogP contribution in [0.25, 0.3) is 0 Å². The Labute approximate surface area is 113 Å². The van der Waals surface area contributed by atoms with Crippen LogP contribution in [0, 0.1) is 3.57 Å². The van der Waals surface area contributed by atoms with E-state index in [0.29, 0.717) is 0 Å². The van der Waals surface area contributed by atoms with Crippen LogP contribution < -0.4 is 9.47 Å². The molecule has 0 aromatic carbocycles. The van der Waals surface area contributed by atoms with Crippen molar-refractivity contribution in [1.29, 1.82) is 0 Å². The number of alkyl halides is 3. The summed E-state index contributed by atoms with van der Waals surface area (Å²) < 4.78 is 49.8. The van der Waals surface area contributed by atoms with Crippen molar-refractivity contribution in [2.75, 3.05) is 14.2 Å². The van der Waals surface area contributed by atoms with Crippen molar-refractivity contribution in [3.8, 4) is 11.6 Å². The van der Waals surface area contributed by atoms with Crippen molar-refractivity contribution in [1.82, 2.24) is 4.98 Å². The molecule has 18 heavy (non-hydrogen) atoms. The van der Waals surface area contributed by atoms with Crippen LogP contribution in [0.2, 0.25) is 0 Å². The minimum Gasteiger partial charge on any atom is -0.478 e. The van der Waals surface area contributed by atoms with Gasteiger partial charge < -0.3 is 14.2 Å². The quantitative estimate of drug-likeness (QED) is 0.598. The van der Waals surface area contributed by atoms with Crippen LogP contribution in [0.4, 0.5) is 13.2 Å². The number of aromatic nitrogens is 1. The first-order valence-corrected chi connectivity index (χ1v) is 5.44. The molecular weight excluding hydrogens is 370 g/mol. The molecule has 1 heterocycles. The number of carbonyl (C=O) groups excluding carboxylic acids is 1. The van der Waals surface area contributed by atoms with Crippen LogP contribution >= 0.6 is 22.6 Å². The van der Waals surface area contributed by atoms with E-state index in [1.165, 1.54) is 6.20 Å². The van der Waals surface area contributed by atoms with Crippen molar-refractivity contribution < 1.29 is 32.2 Å². The van der Waals surface area contributed by atoms with Crippen molar-refractivity contribution >= 4 is 28.6 Å². The molecule has 0 amide bonds. The Balaban J connectivity index is 3.41. The molecule has 0 radical (unpaired) electrons. The molecule has 0 spiro atoms. The van der Waals surface area contributed by atoms with Gasteiger partial charge in [-0.2, -0.15) is 0 Å². The number of hydrogen-bond donors (Lipinski definition) is 0. The third-order valence-electron chi connectivity index (χ3n) is 1.76. The van der Waals surface area contributed by atoms with Crippen molar-refractivity contribution in [2.24, 2.45) is 0 Å². The van der Waals surface area contributed by atoms with Gasteiger partial charge in [0.05, 0.1) is 14.2 Å². The highest BCUT2D eigenvalue weighted by Crippen LogP contribution is 2.36. The lowest BCUT2D eigenvalue weighted by Gasteiger charge is -2.15. The topological polar surface area (TPSA) is 57.7 Å². The molecule has 0 saturated heterocycles. The predicted octanol–water partition coefficient (Wildman–Crippen LogP) is 2.38. The Morgan fingerprint density at radius 3 is 2.44 bits per heavy atom. The van der Waals surface area contributed by atoms with Gasteiger partial charge >= 0.3 is 12.3 Å². The van der Waals surface area contributed by atoms with Crippen LogP contribution in [0.1, 0.15) is 10.4 Å². The van der Waals surface area contributed by atoms with Crippen LogP contribution in [0.3, 0.4) is 0 Å². The fourth-order valence-electron chi connectivity index (χ4n) is 1.10. The van der Waals surface area contributed by atoms with E-state index in [0.717, 1.165) is 14.2 Å². The smallest absolute Gasteiger partial charge is 0.478 e. The first kappa shape index (κ1) is 14.8. The van der Waals surface area contributed by atoms with Crippen molar-refractivity contribution in [2.45, 2.75) is 6.36 Å². The Morgan fingerprint density at radius 1 is 1.39 bits per heavy atom. The zero-order valence-electron chi connectivity index (χ0n) is 9.17. The molecule has 1 aromatic heterocycles. The second kappa shape index (κ2) is 5.59. The highest BCUT2D eigenvalue weighted by Gasteiger charge is 2.36. The predicted molar refractivity (Wildman–Crippen MR) is 61.5 cm³/mol. The maximum Gasteiger partial charge on any atom is 0.573 e. The molecular formula is C9H7F3INO4. The van der Waals surface area contributed by atoms with Gasteiger partial charge in [-0.1, -0.05) is 0 Å². The van der Waals surface area contributed by atoms with Crippen LogP contribution in [0.15, 0.2) is 6.20 Å². The summed E-state index contributed by atoms with van der Waals surface area (Å²) in [4.78, 5) is 15.0. The summed E-state index contributed by atoms with van der Waals surface area (Å²) in [6.45, 7) is 0. The minimum absolute atomic E-state index is 0.152. The Morgan fingerprint density at radius 2 is 2.00 bits per heavy atom. The molecule has 0 aliphatic rings. The van der Waals surface area contributed by atoms with Gasteiger partial charge in [-0.15, -0.1) is 13.2 Å². The first-order valence-electron chi connectivity index (χ1n) is 4.36. The Bertz CT molecular complexity index is 464. The van der Waals surface area contributed by atoms with E-state index in [9.17, 15) is 18.0 Å². The van der Waals surface area contributed by atoms with Crippen molar-refractivity contribution in [3.05, 3.63) is 15.3 Å². The van der Waals surface area contributed by atoms with Gasteiger partial charge in [0.15, 0.2) is 0 Å². The first-order chi connectivity index (χ1) is 8.30. The van der Waals surface area contributed by atoms with E-state index in [1.807, 2.05) is 0 Å². The summed E-state index contributed by atoms with van der Waals surface area (Å²) in [7, 11) is 2.15.